The lowest BCUT2D eigenvalue weighted by Gasteiger charge is -2.22. The van der Waals surface area contributed by atoms with Crippen LogP contribution in [-0.2, 0) is 14.2 Å². The van der Waals surface area contributed by atoms with E-state index in [9.17, 15) is 5.11 Å². The van der Waals surface area contributed by atoms with Gasteiger partial charge in [0.05, 0.1) is 19.3 Å². The summed E-state index contributed by atoms with van der Waals surface area (Å²) >= 11 is 0. The third-order valence-electron chi connectivity index (χ3n) is 9.05. The van der Waals surface area contributed by atoms with Gasteiger partial charge in [-0.25, -0.2) is 0 Å². The lowest BCUT2D eigenvalue weighted by atomic mass is 10.0. The maximum absolute atomic E-state index is 10.5. The minimum Gasteiger partial charge on any atom is -0.382 e. The van der Waals surface area contributed by atoms with Crippen LogP contribution < -0.4 is 5.32 Å². The third kappa shape index (κ3) is 36.3. The van der Waals surface area contributed by atoms with Crippen molar-refractivity contribution in [3.8, 4) is 0 Å². The van der Waals surface area contributed by atoms with Crippen molar-refractivity contribution in [1.29, 1.82) is 0 Å². The van der Waals surface area contributed by atoms with E-state index in [1.54, 1.807) is 7.11 Å². The largest absolute Gasteiger partial charge is 0.382 e. The van der Waals surface area contributed by atoms with E-state index >= 15 is 0 Å². The summed E-state index contributed by atoms with van der Waals surface area (Å²) in [6, 6.07) is 0. The number of ether oxygens (including phenoxy) is 3. The van der Waals surface area contributed by atoms with E-state index in [-0.39, 0.29) is 6.10 Å². The number of unbranched alkanes of at least 4 members (excludes halogenated alkanes) is 25. The molecule has 0 fully saturated rings. The van der Waals surface area contributed by atoms with Gasteiger partial charge in [-0.3, -0.25) is 5.32 Å². The molecule has 5 nitrogen and oxygen atoms in total. The first kappa shape index (κ1) is 43.8. The predicted octanol–water partition coefficient (Wildman–Crippen LogP) is 11.6. The average molecular weight is 628 g/mol. The summed E-state index contributed by atoms with van der Waals surface area (Å²) in [5, 5.41) is 13.6. The molecule has 0 heterocycles. The predicted molar refractivity (Wildman–Crippen MR) is 191 cm³/mol. The topological polar surface area (TPSA) is 60.0 Å². The number of aliphatic hydroxyl groups excluding tert-OH is 1. The Morgan fingerprint density at radius 3 is 1.18 bits per heavy atom. The van der Waals surface area contributed by atoms with E-state index in [0.29, 0.717) is 26.4 Å². The Balaban J connectivity index is 3.96. The number of rotatable bonds is 39. The Hall–Kier alpha value is -0.200. The van der Waals surface area contributed by atoms with E-state index in [4.69, 9.17) is 14.2 Å². The van der Waals surface area contributed by atoms with Gasteiger partial charge in [-0.05, 0) is 19.3 Å². The third-order valence-corrected chi connectivity index (χ3v) is 9.05. The van der Waals surface area contributed by atoms with Gasteiger partial charge in [0.1, 0.15) is 0 Å². The van der Waals surface area contributed by atoms with Crippen molar-refractivity contribution in [2.75, 3.05) is 33.5 Å². The monoisotopic (exact) mass is 628 g/mol. The molecule has 44 heavy (non-hydrogen) atoms. The molecule has 0 saturated carbocycles. The summed E-state index contributed by atoms with van der Waals surface area (Å²) in [6.45, 7) is 7.19. The molecule has 0 aromatic rings. The molecule has 0 rings (SSSR count). The highest BCUT2D eigenvalue weighted by atomic mass is 16.6. The van der Waals surface area contributed by atoms with Crippen LogP contribution in [0.3, 0.4) is 0 Å². The maximum atomic E-state index is 10.5. The van der Waals surface area contributed by atoms with Gasteiger partial charge in [-0.1, -0.05) is 187 Å². The Morgan fingerprint density at radius 2 is 0.818 bits per heavy atom. The van der Waals surface area contributed by atoms with Crippen LogP contribution in [0, 0.1) is 0 Å². The van der Waals surface area contributed by atoms with Gasteiger partial charge in [-0.15, -0.1) is 0 Å². The lowest BCUT2D eigenvalue weighted by Crippen LogP contribution is -2.36. The fourth-order valence-electron chi connectivity index (χ4n) is 6.11. The second-order valence-corrected chi connectivity index (χ2v) is 13.4. The first-order chi connectivity index (χ1) is 21.7. The number of hydrogen-bond donors (Lipinski definition) is 2. The molecule has 0 saturated heterocycles. The van der Waals surface area contributed by atoms with Crippen molar-refractivity contribution in [3.63, 3.8) is 0 Å². The second kappa shape index (κ2) is 39.0. The van der Waals surface area contributed by atoms with Gasteiger partial charge in [0.2, 0.25) is 6.41 Å². The number of hydrogen-bond acceptors (Lipinski definition) is 5. The lowest BCUT2D eigenvalue weighted by molar-refractivity contribution is -0.158. The second-order valence-electron chi connectivity index (χ2n) is 13.4. The fraction of sp³-hybridized carbons (Fsp3) is 1.00. The smallest absolute Gasteiger partial charge is 0.213 e. The van der Waals surface area contributed by atoms with E-state index in [1.165, 1.54) is 173 Å². The maximum Gasteiger partial charge on any atom is 0.213 e. The molecule has 5 heteroatoms. The van der Waals surface area contributed by atoms with Crippen LogP contribution in [0.5, 0.6) is 0 Å². The minimum atomic E-state index is -0.882. The van der Waals surface area contributed by atoms with Gasteiger partial charge in [0.25, 0.3) is 0 Å². The quantitative estimate of drug-likeness (QED) is 0.0524. The minimum absolute atomic E-state index is 0.153. The zero-order valence-corrected chi connectivity index (χ0v) is 30.4. The van der Waals surface area contributed by atoms with Gasteiger partial charge in [-0.2, -0.15) is 0 Å². The van der Waals surface area contributed by atoms with Crippen LogP contribution in [0.4, 0.5) is 0 Å². The summed E-state index contributed by atoms with van der Waals surface area (Å²) < 4.78 is 16.6. The summed E-state index contributed by atoms with van der Waals surface area (Å²) in [6.07, 6.45) is 39.6. The van der Waals surface area contributed by atoms with Crippen molar-refractivity contribution in [2.45, 2.75) is 219 Å². The normalized spacial score (nSPS) is 13.1. The summed E-state index contributed by atoms with van der Waals surface area (Å²) in [5.41, 5.74) is 0. The van der Waals surface area contributed by atoms with Crippen LogP contribution >= 0.6 is 0 Å². The molecule has 2 N–H and O–H groups in total. The molecule has 0 spiro atoms. The fourth-order valence-corrected chi connectivity index (χ4v) is 6.11. The summed E-state index contributed by atoms with van der Waals surface area (Å²) in [4.78, 5) is 0. The Bertz CT molecular complexity index is 507. The van der Waals surface area contributed by atoms with E-state index in [2.05, 4.69) is 19.2 Å². The van der Waals surface area contributed by atoms with Crippen molar-refractivity contribution in [3.05, 3.63) is 0 Å². The molecular weight excluding hydrogens is 546 g/mol. The Morgan fingerprint density at radius 1 is 0.455 bits per heavy atom. The Kier molecular flexibility index (Phi) is 38.8. The van der Waals surface area contributed by atoms with Crippen molar-refractivity contribution in [1.82, 2.24) is 5.32 Å². The number of aliphatic hydroxyl groups is 1. The van der Waals surface area contributed by atoms with E-state index < -0.39 is 6.41 Å². The molecule has 0 aromatic carbocycles. The van der Waals surface area contributed by atoms with Gasteiger partial charge < -0.3 is 19.3 Å². The molecule has 0 amide bonds. The highest BCUT2D eigenvalue weighted by Gasteiger charge is 2.14. The van der Waals surface area contributed by atoms with E-state index in [0.717, 1.165) is 19.3 Å². The SMILES string of the molecule is CCCCCCCCCCCCCCCCCCC(CCCCCCCCCCCCC)OC(O)NCCCOCCOC. The van der Waals surface area contributed by atoms with Gasteiger partial charge in [0.15, 0.2) is 0 Å². The molecule has 0 aliphatic carbocycles. The van der Waals surface area contributed by atoms with Gasteiger partial charge in [0, 0.05) is 20.3 Å². The highest BCUT2D eigenvalue weighted by molar-refractivity contribution is 4.62. The van der Waals surface area contributed by atoms with Crippen molar-refractivity contribution in [2.24, 2.45) is 0 Å². The Labute approximate surface area is 276 Å². The molecule has 2 atom stereocenters. The highest BCUT2D eigenvalue weighted by Crippen LogP contribution is 2.19. The molecule has 0 aliphatic rings. The van der Waals surface area contributed by atoms with Crippen molar-refractivity contribution < 1.29 is 19.3 Å². The number of methoxy groups -OCH3 is 1. The van der Waals surface area contributed by atoms with Crippen LogP contribution in [0.25, 0.3) is 0 Å². The first-order valence-corrected chi connectivity index (χ1v) is 19.9. The van der Waals surface area contributed by atoms with Crippen LogP contribution in [0.15, 0.2) is 0 Å². The zero-order valence-electron chi connectivity index (χ0n) is 30.4. The molecular formula is C39H81NO4. The molecule has 0 radical (unpaired) electrons. The molecule has 0 aliphatic heterocycles. The van der Waals surface area contributed by atoms with Crippen LogP contribution in [0.2, 0.25) is 0 Å². The summed E-state index contributed by atoms with van der Waals surface area (Å²) in [5.74, 6) is 0. The zero-order chi connectivity index (χ0) is 32.0. The standard InChI is InChI=1S/C39H81NO4/c1-4-6-8-10-12-14-16-17-18-19-20-22-24-26-28-30-33-38(44-39(41)40-34-31-35-43-37-36-42-3)32-29-27-25-23-21-15-13-11-9-7-5-2/h38-41H,4-37H2,1-3H3. The molecule has 266 valence electrons. The van der Waals surface area contributed by atoms with Crippen LogP contribution in [-0.4, -0.2) is 51.1 Å². The molecule has 0 bridgehead atoms. The first-order valence-electron chi connectivity index (χ1n) is 19.9. The van der Waals surface area contributed by atoms with Crippen molar-refractivity contribution >= 4 is 0 Å². The van der Waals surface area contributed by atoms with E-state index in [1.807, 2.05) is 0 Å². The average Bonchev–Trinajstić information content (AvgIpc) is 3.02. The molecule has 0 aromatic heterocycles. The van der Waals surface area contributed by atoms with Gasteiger partial charge >= 0.3 is 0 Å². The molecule has 2 unspecified atom stereocenters. The number of nitrogens with one attached hydrogen (secondary N) is 1. The van der Waals surface area contributed by atoms with Crippen LogP contribution in [0.1, 0.15) is 206 Å². The summed E-state index contributed by atoms with van der Waals surface area (Å²) in [7, 11) is 1.69.